The van der Waals surface area contributed by atoms with Crippen LogP contribution in [0, 0.1) is 5.92 Å². The second-order valence-corrected chi connectivity index (χ2v) is 9.77. The van der Waals surface area contributed by atoms with Crippen LogP contribution in [0.2, 0.25) is 0 Å². The Labute approximate surface area is 172 Å². The number of benzene rings is 2. The van der Waals surface area contributed by atoms with Crippen LogP contribution in [-0.2, 0) is 14.9 Å². The molecule has 7 heteroatoms. The summed E-state index contributed by atoms with van der Waals surface area (Å²) in [5.41, 5.74) is 4.89. The summed E-state index contributed by atoms with van der Waals surface area (Å²) in [6.07, 6.45) is 0.928. The summed E-state index contributed by atoms with van der Waals surface area (Å²) in [5.74, 6) is 0.376. The Morgan fingerprint density at radius 1 is 1.00 bits per heavy atom. The number of aliphatic hydroxyl groups excluding tert-OH is 1. The van der Waals surface area contributed by atoms with Gasteiger partial charge >= 0.3 is 0 Å². The van der Waals surface area contributed by atoms with Crippen molar-refractivity contribution >= 4 is 15.7 Å². The molecule has 0 saturated heterocycles. The van der Waals surface area contributed by atoms with E-state index in [0.29, 0.717) is 12.5 Å². The lowest BCUT2D eigenvalue weighted by Crippen LogP contribution is -2.39. The van der Waals surface area contributed by atoms with Crippen LogP contribution in [0.15, 0.2) is 53.7 Å². The molecule has 1 aliphatic rings. The highest BCUT2D eigenvalue weighted by atomic mass is 32.2. The first-order chi connectivity index (χ1) is 13.8. The molecule has 0 radical (unpaired) electrons. The van der Waals surface area contributed by atoms with Gasteiger partial charge in [0, 0.05) is 24.2 Å². The summed E-state index contributed by atoms with van der Waals surface area (Å²) >= 11 is 0. The maximum Gasteiger partial charge on any atom is 0.211 e. The quantitative estimate of drug-likeness (QED) is 0.544. The Morgan fingerprint density at radius 3 is 2.00 bits per heavy atom. The summed E-state index contributed by atoms with van der Waals surface area (Å²) < 4.78 is 25.3. The molecule has 0 spiro atoms. The predicted molar refractivity (Wildman–Crippen MR) is 115 cm³/mol. The number of nitrogens with zero attached hydrogens (tertiary/aromatic N) is 2. The fraction of sp³-hybridized carbons (Fsp3) is 0.409. The molecule has 1 aliphatic carbocycles. The van der Waals surface area contributed by atoms with Gasteiger partial charge in [0.05, 0.1) is 6.26 Å². The standard InChI is InChI=1S/C22H28N2O4S/c1-16(2)12-13-24(29(3,26)27)14-17(25)15-28-23-22-20-10-6-4-8-18(20)19-9-5-7-11-21(19)22/h4-11,16-17,25H,12-15H2,1-3H3/t17-/m0/s1. The van der Waals surface area contributed by atoms with Crippen LogP contribution in [0.3, 0.4) is 0 Å². The molecule has 156 valence electrons. The van der Waals surface area contributed by atoms with Gasteiger partial charge in [-0.2, -0.15) is 4.31 Å². The van der Waals surface area contributed by atoms with Crippen molar-refractivity contribution in [3.8, 4) is 11.1 Å². The van der Waals surface area contributed by atoms with Gasteiger partial charge in [-0.15, -0.1) is 0 Å². The maximum absolute atomic E-state index is 12.0. The van der Waals surface area contributed by atoms with E-state index in [9.17, 15) is 13.5 Å². The number of oxime groups is 1. The minimum Gasteiger partial charge on any atom is -0.392 e. The van der Waals surface area contributed by atoms with Gasteiger partial charge in [0.15, 0.2) is 0 Å². The van der Waals surface area contributed by atoms with Crippen LogP contribution >= 0.6 is 0 Å². The van der Waals surface area contributed by atoms with Crippen molar-refractivity contribution in [2.45, 2.75) is 26.4 Å². The number of hydrogen-bond donors (Lipinski definition) is 1. The Morgan fingerprint density at radius 2 is 1.52 bits per heavy atom. The largest absolute Gasteiger partial charge is 0.392 e. The first-order valence-corrected chi connectivity index (χ1v) is 11.6. The van der Waals surface area contributed by atoms with Crippen LogP contribution in [-0.4, -0.2) is 55.6 Å². The Hall–Kier alpha value is -2.22. The highest BCUT2D eigenvalue weighted by Gasteiger charge is 2.25. The minimum atomic E-state index is -3.39. The molecule has 0 aliphatic heterocycles. The summed E-state index contributed by atoms with van der Waals surface area (Å²) in [5, 5.41) is 14.6. The number of sulfonamides is 1. The summed E-state index contributed by atoms with van der Waals surface area (Å²) in [6, 6.07) is 16.0. The monoisotopic (exact) mass is 416 g/mol. The summed E-state index contributed by atoms with van der Waals surface area (Å²) in [4.78, 5) is 5.45. The molecular weight excluding hydrogens is 388 g/mol. The molecule has 0 heterocycles. The zero-order chi connectivity index (χ0) is 21.0. The summed E-state index contributed by atoms with van der Waals surface area (Å²) in [7, 11) is -3.39. The second-order valence-electron chi connectivity index (χ2n) is 7.78. The normalized spacial score (nSPS) is 14.1. The van der Waals surface area contributed by atoms with Gasteiger partial charge in [-0.1, -0.05) is 67.5 Å². The van der Waals surface area contributed by atoms with E-state index in [4.69, 9.17) is 4.84 Å². The average molecular weight is 417 g/mol. The molecule has 0 aromatic heterocycles. The molecule has 3 rings (SSSR count). The topological polar surface area (TPSA) is 79.2 Å². The molecule has 1 N–H and O–H groups in total. The van der Waals surface area contributed by atoms with Gasteiger partial charge in [-0.25, -0.2) is 8.42 Å². The fourth-order valence-electron chi connectivity index (χ4n) is 3.36. The molecule has 0 amide bonds. The van der Waals surface area contributed by atoms with E-state index in [1.165, 1.54) is 4.31 Å². The highest BCUT2D eigenvalue weighted by molar-refractivity contribution is 7.88. The second kappa shape index (κ2) is 9.07. The lowest BCUT2D eigenvalue weighted by molar-refractivity contribution is 0.0306. The van der Waals surface area contributed by atoms with Crippen LogP contribution in [0.25, 0.3) is 11.1 Å². The molecule has 29 heavy (non-hydrogen) atoms. The van der Waals surface area contributed by atoms with Crippen molar-refractivity contribution in [3.05, 3.63) is 59.7 Å². The van der Waals surface area contributed by atoms with E-state index < -0.39 is 16.1 Å². The van der Waals surface area contributed by atoms with Gasteiger partial charge < -0.3 is 9.94 Å². The molecule has 1 atom stereocenters. The Balaban J connectivity index is 1.68. The lowest BCUT2D eigenvalue weighted by Gasteiger charge is -2.23. The molecule has 2 aromatic carbocycles. The predicted octanol–water partition coefficient (Wildman–Crippen LogP) is 3.10. The molecule has 2 aromatic rings. The van der Waals surface area contributed by atoms with Gasteiger partial charge in [0.2, 0.25) is 10.0 Å². The minimum absolute atomic E-state index is 0.0103. The fourth-order valence-corrected chi connectivity index (χ4v) is 4.24. The van der Waals surface area contributed by atoms with E-state index in [2.05, 4.69) is 5.16 Å². The van der Waals surface area contributed by atoms with Gasteiger partial charge in [0.25, 0.3) is 0 Å². The van der Waals surface area contributed by atoms with Gasteiger partial charge in [-0.05, 0) is 23.5 Å². The van der Waals surface area contributed by atoms with Crippen LogP contribution in [0.4, 0.5) is 0 Å². The van der Waals surface area contributed by atoms with Gasteiger partial charge in [0.1, 0.15) is 18.4 Å². The van der Waals surface area contributed by atoms with Crippen molar-refractivity contribution in [1.82, 2.24) is 4.31 Å². The van der Waals surface area contributed by atoms with Crippen molar-refractivity contribution in [3.63, 3.8) is 0 Å². The number of hydrogen-bond acceptors (Lipinski definition) is 5. The van der Waals surface area contributed by atoms with Crippen LogP contribution in [0.1, 0.15) is 31.4 Å². The zero-order valence-electron chi connectivity index (χ0n) is 17.1. The summed E-state index contributed by atoms with van der Waals surface area (Å²) in [6.45, 7) is 4.36. The third kappa shape index (κ3) is 5.23. The van der Waals surface area contributed by atoms with Crippen molar-refractivity contribution in [2.24, 2.45) is 11.1 Å². The zero-order valence-corrected chi connectivity index (χ0v) is 17.9. The number of fused-ring (bicyclic) bond motifs is 3. The average Bonchev–Trinajstić information content (AvgIpc) is 2.98. The van der Waals surface area contributed by atoms with E-state index in [0.717, 1.165) is 40.6 Å². The first-order valence-electron chi connectivity index (χ1n) is 9.79. The van der Waals surface area contributed by atoms with Crippen LogP contribution < -0.4 is 0 Å². The maximum atomic E-state index is 12.0. The van der Waals surface area contributed by atoms with E-state index >= 15 is 0 Å². The van der Waals surface area contributed by atoms with Crippen molar-refractivity contribution < 1.29 is 18.4 Å². The van der Waals surface area contributed by atoms with Crippen LogP contribution in [0.5, 0.6) is 0 Å². The first kappa shape index (κ1) is 21.5. The molecule has 0 saturated carbocycles. The van der Waals surface area contributed by atoms with Crippen molar-refractivity contribution in [1.29, 1.82) is 0 Å². The third-order valence-electron chi connectivity index (χ3n) is 4.92. The SMILES string of the molecule is CC(C)CCN(C[C@H](O)CON=C1c2ccccc2-c2ccccc21)S(C)(=O)=O. The molecule has 0 fully saturated rings. The third-order valence-corrected chi connectivity index (χ3v) is 6.19. The molecule has 0 unspecified atom stereocenters. The molecule has 6 nitrogen and oxygen atoms in total. The highest BCUT2D eigenvalue weighted by Crippen LogP contribution is 2.36. The van der Waals surface area contributed by atoms with E-state index in [1.807, 2.05) is 62.4 Å². The molecular formula is C22H28N2O4S. The number of aliphatic hydroxyl groups is 1. The van der Waals surface area contributed by atoms with Crippen molar-refractivity contribution in [2.75, 3.05) is 26.0 Å². The smallest absolute Gasteiger partial charge is 0.211 e. The van der Waals surface area contributed by atoms with E-state index in [1.54, 1.807) is 0 Å². The Bertz CT molecular complexity index is 938. The Kier molecular flexibility index (Phi) is 6.72. The van der Waals surface area contributed by atoms with Gasteiger partial charge in [-0.3, -0.25) is 0 Å². The number of rotatable bonds is 9. The molecule has 0 bridgehead atoms. The lowest BCUT2D eigenvalue weighted by atomic mass is 10.1. The van der Waals surface area contributed by atoms with E-state index in [-0.39, 0.29) is 13.2 Å².